The van der Waals surface area contributed by atoms with Gasteiger partial charge in [0.1, 0.15) is 11.9 Å². The van der Waals surface area contributed by atoms with E-state index in [1.165, 1.54) is 23.7 Å². The minimum Gasteiger partial charge on any atom is -0.500 e. The van der Waals surface area contributed by atoms with Crippen LogP contribution in [0.25, 0.3) is 10.1 Å². The Morgan fingerprint density at radius 1 is 1.18 bits per heavy atom. The van der Waals surface area contributed by atoms with Crippen molar-refractivity contribution in [3.8, 4) is 11.8 Å². The Morgan fingerprint density at radius 2 is 1.95 bits per heavy atom. The summed E-state index contributed by atoms with van der Waals surface area (Å²) in [6, 6.07) is 4.93. The van der Waals surface area contributed by atoms with Gasteiger partial charge in [0.2, 0.25) is 0 Å². The van der Waals surface area contributed by atoms with Gasteiger partial charge in [-0.2, -0.15) is 13.2 Å². The molecule has 4 unspecified atom stereocenters. The molecule has 40 heavy (non-hydrogen) atoms. The SMILES string of the molecule is CCP(CC)C1C=C(OC)C(NCC#Cc2sc3c(NC4CCN(C)CC4F)cccc3c2CC(F)(F)F)CC1. The number of hydrogen-bond acceptors (Lipinski definition) is 5. The lowest BCUT2D eigenvalue weighted by atomic mass is 10.0. The van der Waals surface area contributed by atoms with Crippen LogP contribution in [-0.2, 0) is 11.2 Å². The molecule has 0 amide bonds. The van der Waals surface area contributed by atoms with Crippen molar-refractivity contribution in [2.45, 2.75) is 69.6 Å². The Balaban J connectivity index is 1.53. The maximum absolute atomic E-state index is 14.7. The highest BCUT2D eigenvalue weighted by Gasteiger charge is 2.32. The summed E-state index contributed by atoms with van der Waals surface area (Å²) >= 11 is 1.25. The standard InChI is InChI=1S/C30H40F4N3OPS/c1-5-39(6-2)20-12-13-25(27(17-20)38-4)35-15-8-11-28-22(18-30(32,33)34)21-9-7-10-26(29(21)40-28)36-24-14-16-37(3)19-23(24)31/h7,9-10,17,20,23-25,35-36H,5-6,12-16,18-19H2,1-4H3. The zero-order valence-electron chi connectivity index (χ0n) is 23.7. The maximum Gasteiger partial charge on any atom is 0.393 e. The second kappa shape index (κ2) is 13.9. The predicted octanol–water partition coefficient (Wildman–Crippen LogP) is 6.98. The first kappa shape index (κ1) is 31.1. The fraction of sp³-hybridized carbons (Fsp3) is 0.600. The van der Waals surface area contributed by atoms with Gasteiger partial charge in [-0.15, -0.1) is 19.3 Å². The van der Waals surface area contributed by atoms with Crippen LogP contribution < -0.4 is 10.6 Å². The summed E-state index contributed by atoms with van der Waals surface area (Å²) in [5.74, 6) is 7.03. The van der Waals surface area contributed by atoms with Crippen molar-refractivity contribution in [2.24, 2.45) is 0 Å². The molecule has 1 aromatic carbocycles. The van der Waals surface area contributed by atoms with E-state index in [9.17, 15) is 17.6 Å². The highest BCUT2D eigenvalue weighted by molar-refractivity contribution is 7.58. The van der Waals surface area contributed by atoms with Crippen LogP contribution in [0.2, 0.25) is 0 Å². The van der Waals surface area contributed by atoms with Gasteiger partial charge >= 0.3 is 6.18 Å². The molecule has 4 nitrogen and oxygen atoms in total. The first-order chi connectivity index (χ1) is 19.1. The van der Waals surface area contributed by atoms with Gasteiger partial charge < -0.3 is 15.0 Å². The second-order valence-electron chi connectivity index (χ2n) is 10.6. The van der Waals surface area contributed by atoms with Crippen LogP contribution in [-0.4, -0.2) is 81.1 Å². The summed E-state index contributed by atoms with van der Waals surface area (Å²) in [4.78, 5) is 2.36. The number of nitrogens with one attached hydrogen (secondary N) is 2. The molecule has 2 aliphatic rings. The van der Waals surface area contributed by atoms with E-state index >= 15 is 0 Å². The quantitative estimate of drug-likeness (QED) is 0.186. The monoisotopic (exact) mass is 597 g/mol. The second-order valence-corrected chi connectivity index (χ2v) is 14.7. The average Bonchev–Trinajstić information content (AvgIpc) is 3.25. The van der Waals surface area contributed by atoms with Gasteiger partial charge in [0.25, 0.3) is 0 Å². The molecule has 2 heterocycles. The Labute approximate surface area is 240 Å². The normalized spacial score (nSPS) is 24.1. The predicted molar refractivity (Wildman–Crippen MR) is 161 cm³/mol. The maximum atomic E-state index is 14.7. The number of thiophene rings is 1. The first-order valence-corrected chi connectivity index (χ1v) is 16.7. The number of nitrogens with zero attached hydrogens (tertiary/aromatic N) is 1. The van der Waals surface area contributed by atoms with Crippen molar-refractivity contribution < 1.29 is 22.3 Å². The van der Waals surface area contributed by atoms with E-state index in [1.807, 2.05) is 18.0 Å². The highest BCUT2D eigenvalue weighted by Crippen LogP contribution is 2.46. The van der Waals surface area contributed by atoms with Crippen LogP contribution in [0.5, 0.6) is 0 Å². The molecule has 2 aromatic rings. The Hall–Kier alpha value is -1.85. The summed E-state index contributed by atoms with van der Waals surface area (Å²) in [7, 11) is 3.54. The third-order valence-corrected chi connectivity index (χ3v) is 12.1. The molecule has 4 rings (SSSR count). The van der Waals surface area contributed by atoms with Crippen molar-refractivity contribution in [3.05, 3.63) is 40.5 Å². The lowest BCUT2D eigenvalue weighted by Crippen LogP contribution is -2.46. The Kier molecular flexibility index (Phi) is 10.8. The number of rotatable bonds is 9. The lowest BCUT2D eigenvalue weighted by molar-refractivity contribution is -0.126. The van der Waals surface area contributed by atoms with Gasteiger partial charge in [0, 0.05) is 18.7 Å². The number of benzene rings is 1. The fourth-order valence-corrected chi connectivity index (χ4v) is 9.17. The smallest absolute Gasteiger partial charge is 0.393 e. The summed E-state index contributed by atoms with van der Waals surface area (Å²) < 4.78 is 61.9. The molecular weight excluding hydrogens is 557 g/mol. The first-order valence-electron chi connectivity index (χ1n) is 14.1. The van der Waals surface area contributed by atoms with E-state index in [2.05, 4.69) is 42.4 Å². The molecule has 0 radical (unpaired) electrons. The van der Waals surface area contributed by atoms with Gasteiger partial charge in [0.15, 0.2) is 0 Å². The molecule has 0 bridgehead atoms. The van der Waals surface area contributed by atoms with Crippen molar-refractivity contribution in [2.75, 3.05) is 51.4 Å². The third kappa shape index (κ3) is 7.70. The number of ether oxygens (including phenoxy) is 1. The van der Waals surface area contributed by atoms with Gasteiger partial charge in [-0.1, -0.05) is 37.8 Å². The molecule has 4 atom stereocenters. The van der Waals surface area contributed by atoms with Crippen LogP contribution in [0, 0.1) is 11.8 Å². The van der Waals surface area contributed by atoms with E-state index < -0.39 is 18.8 Å². The van der Waals surface area contributed by atoms with E-state index in [1.54, 1.807) is 19.2 Å². The number of fused-ring (bicyclic) bond motifs is 1. The molecule has 1 saturated heterocycles. The largest absolute Gasteiger partial charge is 0.500 e. The third-order valence-electron chi connectivity index (χ3n) is 7.89. The lowest BCUT2D eigenvalue weighted by Gasteiger charge is -2.33. The highest BCUT2D eigenvalue weighted by atomic mass is 32.1. The molecule has 1 aromatic heterocycles. The molecule has 220 valence electrons. The van der Waals surface area contributed by atoms with E-state index in [0.717, 1.165) is 25.1 Å². The number of likely N-dealkylation sites (tertiary alicyclic amines) is 1. The van der Waals surface area contributed by atoms with Crippen LogP contribution in [0.3, 0.4) is 0 Å². The zero-order chi connectivity index (χ0) is 28.9. The molecule has 0 saturated carbocycles. The molecular formula is C30H40F4N3OPS. The number of hydrogen-bond donors (Lipinski definition) is 2. The topological polar surface area (TPSA) is 36.5 Å². The van der Waals surface area contributed by atoms with Crippen molar-refractivity contribution >= 4 is 35.0 Å². The van der Waals surface area contributed by atoms with Crippen molar-refractivity contribution in [3.63, 3.8) is 0 Å². The number of piperidine rings is 1. The zero-order valence-corrected chi connectivity index (χ0v) is 25.4. The van der Waals surface area contributed by atoms with Crippen LogP contribution in [0.1, 0.15) is 43.6 Å². The summed E-state index contributed by atoms with van der Waals surface area (Å²) in [6.45, 7) is 5.95. The van der Waals surface area contributed by atoms with Crippen molar-refractivity contribution in [1.82, 2.24) is 10.2 Å². The van der Waals surface area contributed by atoms with Crippen LogP contribution in [0.15, 0.2) is 30.0 Å². The summed E-state index contributed by atoms with van der Waals surface area (Å²) in [5.41, 5.74) is 1.42. The number of methoxy groups -OCH3 is 1. The van der Waals surface area contributed by atoms with E-state index in [4.69, 9.17) is 4.74 Å². The fourth-order valence-electron chi connectivity index (χ4n) is 5.74. The molecule has 1 fully saturated rings. The number of allylic oxidation sites excluding steroid dienone is 1. The van der Waals surface area contributed by atoms with Gasteiger partial charge in [-0.25, -0.2) is 4.39 Å². The summed E-state index contributed by atoms with van der Waals surface area (Å²) in [6.07, 6.45) is 0.889. The molecule has 1 aliphatic carbocycles. The summed E-state index contributed by atoms with van der Waals surface area (Å²) in [5, 5.41) is 7.24. The van der Waals surface area contributed by atoms with Crippen LogP contribution in [0.4, 0.5) is 23.2 Å². The van der Waals surface area contributed by atoms with Gasteiger partial charge in [0.05, 0.1) is 47.4 Å². The van der Waals surface area contributed by atoms with E-state index in [0.29, 0.717) is 45.8 Å². The molecule has 1 aliphatic heterocycles. The molecule has 2 N–H and O–H groups in total. The van der Waals surface area contributed by atoms with Gasteiger partial charge in [-0.05, 0) is 61.7 Å². The molecule has 10 heteroatoms. The number of halogens is 4. The van der Waals surface area contributed by atoms with E-state index in [-0.39, 0.29) is 25.6 Å². The number of anilines is 1. The number of alkyl halides is 4. The van der Waals surface area contributed by atoms with Gasteiger partial charge in [-0.3, -0.25) is 5.32 Å². The average molecular weight is 598 g/mol. The van der Waals surface area contributed by atoms with Crippen LogP contribution >= 0.6 is 19.3 Å². The Bertz CT molecular complexity index is 1230. The molecule has 0 spiro atoms. The Morgan fingerprint density at radius 3 is 2.62 bits per heavy atom. The minimum atomic E-state index is -4.36. The minimum absolute atomic E-state index is 0.0419. The van der Waals surface area contributed by atoms with Crippen molar-refractivity contribution in [1.29, 1.82) is 0 Å².